The van der Waals surface area contributed by atoms with E-state index >= 15 is 0 Å². The summed E-state index contributed by atoms with van der Waals surface area (Å²) in [6, 6.07) is 0. The highest BCUT2D eigenvalue weighted by molar-refractivity contribution is 5.67. The van der Waals surface area contributed by atoms with Crippen molar-refractivity contribution in [3.8, 4) is 0 Å². The predicted molar refractivity (Wildman–Crippen MR) is 110 cm³/mol. The maximum Gasteiger partial charge on any atom is 0.302 e. The molecule has 1 spiro atoms. The first-order chi connectivity index (χ1) is 14.7. The zero-order valence-corrected chi connectivity index (χ0v) is 18.9. The van der Waals surface area contributed by atoms with E-state index in [4.69, 9.17) is 23.7 Å². The number of rotatable bonds is 4. The summed E-state index contributed by atoms with van der Waals surface area (Å²) in [5.74, 6) is 0.0539. The Morgan fingerprint density at radius 2 is 1.97 bits per heavy atom. The molecule has 3 aliphatic heterocycles. The first-order valence-corrected chi connectivity index (χ1v) is 11.6. The van der Waals surface area contributed by atoms with Gasteiger partial charge in [-0.25, -0.2) is 0 Å². The van der Waals surface area contributed by atoms with Gasteiger partial charge in [0.2, 0.25) is 6.29 Å². The van der Waals surface area contributed by atoms with Gasteiger partial charge in [0.1, 0.15) is 18.3 Å². The summed E-state index contributed by atoms with van der Waals surface area (Å²) in [4.78, 5) is 24.0. The van der Waals surface area contributed by atoms with Crippen LogP contribution in [0.25, 0.3) is 0 Å². The molecule has 2 saturated carbocycles. The summed E-state index contributed by atoms with van der Waals surface area (Å²) in [7, 11) is 0. The molecule has 7 nitrogen and oxygen atoms in total. The molecule has 2 aliphatic carbocycles. The minimum absolute atomic E-state index is 0.0244. The Morgan fingerprint density at radius 3 is 2.61 bits per heavy atom. The van der Waals surface area contributed by atoms with Crippen molar-refractivity contribution >= 4 is 11.9 Å². The zero-order valence-electron chi connectivity index (χ0n) is 18.9. The van der Waals surface area contributed by atoms with Gasteiger partial charge in [-0.2, -0.15) is 0 Å². The van der Waals surface area contributed by atoms with Crippen LogP contribution in [-0.2, 0) is 33.3 Å². The average Bonchev–Trinajstić information content (AvgIpc) is 3.15. The monoisotopic (exact) mass is 434 g/mol. The van der Waals surface area contributed by atoms with E-state index in [1.165, 1.54) is 13.8 Å². The molecule has 0 radical (unpaired) electrons. The highest BCUT2D eigenvalue weighted by atomic mass is 16.7. The van der Waals surface area contributed by atoms with Gasteiger partial charge in [-0.1, -0.05) is 20.3 Å². The van der Waals surface area contributed by atoms with Gasteiger partial charge in [0, 0.05) is 25.2 Å². The second-order valence-electron chi connectivity index (χ2n) is 10.5. The lowest BCUT2D eigenvalue weighted by molar-refractivity contribution is -0.253. The quantitative estimate of drug-likeness (QED) is 0.496. The van der Waals surface area contributed by atoms with Gasteiger partial charge in [0.25, 0.3) is 0 Å². The molecule has 0 aromatic rings. The van der Waals surface area contributed by atoms with Crippen molar-refractivity contribution in [1.29, 1.82) is 0 Å². The molecule has 7 heteroatoms. The number of carbonyl (C=O) groups excluding carboxylic acids is 2. The SMILES string of the molecule is CC(=O)OCC12C(OC(C)=O)CC(C)C(C)(C3C[C@H]4C=CO[C@H]4O3)[C@H]1CCC[C@]21CO1. The van der Waals surface area contributed by atoms with Gasteiger partial charge >= 0.3 is 11.9 Å². The molecule has 0 amide bonds. The fraction of sp³-hybridized carbons (Fsp3) is 0.833. The van der Waals surface area contributed by atoms with Crippen LogP contribution in [-0.4, -0.2) is 49.3 Å². The highest BCUT2D eigenvalue weighted by Crippen LogP contribution is 2.70. The van der Waals surface area contributed by atoms with E-state index in [9.17, 15) is 9.59 Å². The van der Waals surface area contributed by atoms with Crippen molar-refractivity contribution < 1.29 is 33.3 Å². The Morgan fingerprint density at radius 1 is 1.19 bits per heavy atom. The third-order valence-electron chi connectivity index (χ3n) is 9.18. The second kappa shape index (κ2) is 7.20. The van der Waals surface area contributed by atoms with E-state index in [-0.39, 0.29) is 60.2 Å². The molecule has 0 aromatic carbocycles. The number of fused-ring (bicyclic) bond motifs is 3. The topological polar surface area (TPSA) is 83.6 Å². The van der Waals surface area contributed by atoms with Crippen LogP contribution in [0.5, 0.6) is 0 Å². The van der Waals surface area contributed by atoms with Crippen LogP contribution in [0.1, 0.15) is 59.8 Å². The standard InChI is InChI=1S/C24H34O7/c1-14-10-20(30-16(3)26)24(13-28-15(2)25)18(6-5-8-23(24)12-29-23)22(14,4)19-11-17-7-9-27-21(17)31-19/h7,9,14,17-21H,5-6,8,10-13H2,1-4H3/t14?,17-,18-,19?,20?,21+,22?,23+,24?/m1/s1. The largest absolute Gasteiger partial charge is 0.472 e. The van der Waals surface area contributed by atoms with Gasteiger partial charge in [-0.05, 0) is 43.6 Å². The molecule has 0 bridgehead atoms. The molecule has 5 aliphatic rings. The number of ether oxygens (including phenoxy) is 5. The fourth-order valence-corrected chi connectivity index (χ4v) is 7.46. The lowest BCUT2D eigenvalue weighted by Gasteiger charge is -2.64. The van der Waals surface area contributed by atoms with E-state index in [1.807, 2.05) is 0 Å². The Kier molecular flexibility index (Phi) is 4.94. The average molecular weight is 435 g/mol. The molecular formula is C24H34O7. The number of carbonyl (C=O) groups is 2. The normalized spacial score (nSPS) is 49.8. The van der Waals surface area contributed by atoms with Gasteiger partial charge in [-0.3, -0.25) is 9.59 Å². The predicted octanol–water partition coefficient (Wildman–Crippen LogP) is 3.36. The molecule has 5 unspecified atom stereocenters. The smallest absolute Gasteiger partial charge is 0.302 e. The van der Waals surface area contributed by atoms with Crippen LogP contribution in [0.4, 0.5) is 0 Å². The van der Waals surface area contributed by atoms with Gasteiger partial charge < -0.3 is 23.7 Å². The molecule has 3 heterocycles. The summed E-state index contributed by atoms with van der Waals surface area (Å²) >= 11 is 0. The maximum absolute atomic E-state index is 12.1. The highest BCUT2D eigenvalue weighted by Gasteiger charge is 2.76. The zero-order chi connectivity index (χ0) is 22.0. The van der Waals surface area contributed by atoms with E-state index in [0.717, 1.165) is 25.7 Å². The Bertz CT molecular complexity index is 789. The maximum atomic E-state index is 12.1. The third-order valence-corrected chi connectivity index (χ3v) is 9.18. The van der Waals surface area contributed by atoms with Gasteiger partial charge in [0.15, 0.2) is 0 Å². The molecule has 172 valence electrons. The van der Waals surface area contributed by atoms with Crippen molar-refractivity contribution in [1.82, 2.24) is 0 Å². The van der Waals surface area contributed by atoms with Gasteiger partial charge in [0.05, 0.1) is 24.4 Å². The van der Waals surface area contributed by atoms with Crippen LogP contribution in [0, 0.1) is 28.6 Å². The minimum Gasteiger partial charge on any atom is -0.472 e. The number of esters is 2. The van der Waals surface area contributed by atoms with Crippen LogP contribution in [0.15, 0.2) is 12.3 Å². The molecule has 5 rings (SSSR count). The fourth-order valence-electron chi connectivity index (χ4n) is 7.46. The number of hydrogen-bond donors (Lipinski definition) is 0. The molecule has 9 atom stereocenters. The Balaban J connectivity index is 1.58. The van der Waals surface area contributed by atoms with Crippen LogP contribution in [0.2, 0.25) is 0 Å². The van der Waals surface area contributed by atoms with Gasteiger partial charge in [-0.15, -0.1) is 0 Å². The molecule has 4 fully saturated rings. The van der Waals surface area contributed by atoms with E-state index < -0.39 is 11.0 Å². The Hall–Kier alpha value is -1.60. The van der Waals surface area contributed by atoms with Crippen molar-refractivity contribution in [3.63, 3.8) is 0 Å². The second-order valence-corrected chi connectivity index (χ2v) is 10.5. The van der Waals surface area contributed by atoms with Crippen LogP contribution < -0.4 is 0 Å². The van der Waals surface area contributed by atoms with Crippen molar-refractivity contribution in [2.24, 2.45) is 28.6 Å². The molecule has 2 saturated heterocycles. The molecule has 0 aromatic heterocycles. The lowest BCUT2D eigenvalue weighted by atomic mass is 9.42. The molecule has 31 heavy (non-hydrogen) atoms. The summed E-state index contributed by atoms with van der Waals surface area (Å²) in [5, 5.41) is 0. The van der Waals surface area contributed by atoms with E-state index in [1.54, 1.807) is 6.26 Å². The molecule has 0 N–H and O–H groups in total. The van der Waals surface area contributed by atoms with Crippen molar-refractivity contribution in [2.45, 2.75) is 83.9 Å². The first kappa shape index (κ1) is 21.3. The summed E-state index contributed by atoms with van der Waals surface area (Å²) < 4.78 is 30.0. The first-order valence-electron chi connectivity index (χ1n) is 11.6. The minimum atomic E-state index is -0.568. The van der Waals surface area contributed by atoms with E-state index in [2.05, 4.69) is 19.9 Å². The van der Waals surface area contributed by atoms with Crippen LogP contribution >= 0.6 is 0 Å². The van der Waals surface area contributed by atoms with Crippen molar-refractivity contribution in [3.05, 3.63) is 12.3 Å². The summed E-state index contributed by atoms with van der Waals surface area (Å²) in [6.45, 7) is 8.30. The van der Waals surface area contributed by atoms with E-state index in [0.29, 0.717) is 13.0 Å². The molecular weight excluding hydrogens is 400 g/mol. The lowest BCUT2D eigenvalue weighted by Crippen LogP contribution is -2.69. The third kappa shape index (κ3) is 2.99. The summed E-state index contributed by atoms with van der Waals surface area (Å²) in [6.07, 6.45) is 7.82. The van der Waals surface area contributed by atoms with Crippen molar-refractivity contribution in [2.75, 3.05) is 13.2 Å². The number of hydrogen-bond acceptors (Lipinski definition) is 7. The number of epoxide rings is 1. The summed E-state index contributed by atoms with van der Waals surface area (Å²) in [5.41, 5.74) is -1.16. The Labute approximate surface area is 183 Å². The van der Waals surface area contributed by atoms with Crippen LogP contribution in [0.3, 0.4) is 0 Å².